The number of hydrogen-bond acceptors (Lipinski definition) is 3. The van der Waals surface area contributed by atoms with E-state index in [2.05, 4.69) is 17.2 Å². The van der Waals surface area contributed by atoms with Gasteiger partial charge in [0.2, 0.25) is 5.91 Å². The summed E-state index contributed by atoms with van der Waals surface area (Å²) in [5, 5.41) is 6.35. The van der Waals surface area contributed by atoms with Crippen LogP contribution < -0.4 is 10.6 Å². The van der Waals surface area contributed by atoms with Gasteiger partial charge in [-0.2, -0.15) is 11.8 Å². The van der Waals surface area contributed by atoms with Crippen molar-refractivity contribution in [3.8, 4) is 0 Å². The fourth-order valence-corrected chi connectivity index (χ4v) is 2.60. The lowest BCUT2D eigenvalue weighted by Gasteiger charge is -2.17. The molecule has 0 spiro atoms. The van der Waals surface area contributed by atoms with E-state index in [0.29, 0.717) is 6.04 Å². The molecule has 2 N–H and O–H groups in total. The summed E-state index contributed by atoms with van der Waals surface area (Å²) >= 11 is 1.83. The molecule has 1 unspecified atom stereocenters. The van der Waals surface area contributed by atoms with E-state index in [1.54, 1.807) is 0 Å². The number of thioether (sulfide) groups is 1. The Hall–Kier alpha value is -0.480. The zero-order valence-electron chi connectivity index (χ0n) is 10.7. The summed E-state index contributed by atoms with van der Waals surface area (Å²) in [6, 6.07) is 0.335. The normalized spacial score (nSPS) is 17.9. The minimum Gasteiger partial charge on any atom is -0.352 e. The lowest BCUT2D eigenvalue weighted by Crippen LogP contribution is -2.46. The Kier molecular flexibility index (Phi) is 7.37. The van der Waals surface area contributed by atoms with E-state index in [4.69, 9.17) is 0 Å². The molecule has 1 fully saturated rings. The molecule has 0 radical (unpaired) electrons. The molecule has 1 aliphatic rings. The van der Waals surface area contributed by atoms with Gasteiger partial charge in [-0.15, -0.1) is 6.58 Å². The molecule has 3 nitrogen and oxygen atoms in total. The van der Waals surface area contributed by atoms with Gasteiger partial charge in [0, 0.05) is 24.1 Å². The summed E-state index contributed by atoms with van der Waals surface area (Å²) in [5.41, 5.74) is 0. The lowest BCUT2D eigenvalue weighted by molar-refractivity contribution is -0.123. The first kappa shape index (κ1) is 14.6. The molecular weight excluding hydrogens is 232 g/mol. The molecule has 0 aliphatic heterocycles. The van der Waals surface area contributed by atoms with Gasteiger partial charge < -0.3 is 10.6 Å². The summed E-state index contributed by atoms with van der Waals surface area (Å²) in [6.45, 7) is 6.48. The van der Waals surface area contributed by atoms with E-state index in [1.807, 2.05) is 24.8 Å². The van der Waals surface area contributed by atoms with Gasteiger partial charge in [-0.05, 0) is 19.8 Å². The standard InChI is InChI=1S/C13H24N2OS/c1-3-9-17-10-8-14-11(2)13(16)15-12-6-4-5-7-12/h3,11-12,14H,1,4-10H2,2H3,(H,15,16). The second-order valence-electron chi connectivity index (χ2n) is 4.53. The molecular formula is C13H24N2OS. The second-order valence-corrected chi connectivity index (χ2v) is 5.68. The number of carbonyl (C=O) groups is 1. The zero-order valence-corrected chi connectivity index (χ0v) is 11.5. The third-order valence-electron chi connectivity index (χ3n) is 3.03. The van der Waals surface area contributed by atoms with Crippen molar-refractivity contribution >= 4 is 17.7 Å². The average Bonchev–Trinajstić information content (AvgIpc) is 2.81. The molecule has 1 rings (SSSR count). The van der Waals surface area contributed by atoms with Crippen LogP contribution in [0.3, 0.4) is 0 Å². The summed E-state index contributed by atoms with van der Waals surface area (Å²) < 4.78 is 0. The van der Waals surface area contributed by atoms with Crippen LogP contribution in [0.1, 0.15) is 32.6 Å². The Balaban J connectivity index is 2.06. The predicted molar refractivity (Wildman–Crippen MR) is 75.4 cm³/mol. The molecule has 0 saturated heterocycles. The molecule has 0 aromatic rings. The zero-order chi connectivity index (χ0) is 12.5. The van der Waals surface area contributed by atoms with E-state index in [9.17, 15) is 4.79 Å². The van der Waals surface area contributed by atoms with Crippen molar-refractivity contribution in [1.82, 2.24) is 10.6 Å². The van der Waals surface area contributed by atoms with Crippen LogP contribution in [-0.4, -0.2) is 36.0 Å². The lowest BCUT2D eigenvalue weighted by atomic mass is 10.2. The first-order valence-electron chi connectivity index (χ1n) is 6.46. The molecule has 0 aromatic carbocycles. The highest BCUT2D eigenvalue weighted by atomic mass is 32.2. The van der Waals surface area contributed by atoms with Crippen LogP contribution in [0.5, 0.6) is 0 Å². The van der Waals surface area contributed by atoms with Gasteiger partial charge in [0.25, 0.3) is 0 Å². The van der Waals surface area contributed by atoms with Crippen LogP contribution in [0, 0.1) is 0 Å². The third kappa shape index (κ3) is 6.13. The Labute approximate surface area is 109 Å². The maximum absolute atomic E-state index is 11.8. The third-order valence-corrected chi connectivity index (χ3v) is 3.99. The van der Waals surface area contributed by atoms with Crippen molar-refractivity contribution in [1.29, 1.82) is 0 Å². The van der Waals surface area contributed by atoms with E-state index >= 15 is 0 Å². The number of carbonyl (C=O) groups excluding carboxylic acids is 1. The van der Waals surface area contributed by atoms with Crippen molar-refractivity contribution in [3.05, 3.63) is 12.7 Å². The predicted octanol–water partition coefficient (Wildman–Crippen LogP) is 1.94. The van der Waals surface area contributed by atoms with Crippen LogP contribution in [-0.2, 0) is 4.79 Å². The molecule has 0 bridgehead atoms. The molecule has 4 heteroatoms. The first-order valence-corrected chi connectivity index (χ1v) is 7.62. The molecule has 17 heavy (non-hydrogen) atoms. The van der Waals surface area contributed by atoms with Crippen LogP contribution in [0.15, 0.2) is 12.7 Å². The van der Waals surface area contributed by atoms with Crippen LogP contribution in [0.2, 0.25) is 0 Å². The Morgan fingerprint density at radius 1 is 1.53 bits per heavy atom. The van der Waals surface area contributed by atoms with E-state index in [-0.39, 0.29) is 11.9 Å². The molecule has 1 saturated carbocycles. The van der Waals surface area contributed by atoms with Gasteiger partial charge in [-0.3, -0.25) is 4.79 Å². The maximum Gasteiger partial charge on any atom is 0.237 e. The number of nitrogens with one attached hydrogen (secondary N) is 2. The molecule has 1 aliphatic carbocycles. The Morgan fingerprint density at radius 2 is 2.24 bits per heavy atom. The smallest absolute Gasteiger partial charge is 0.237 e. The van der Waals surface area contributed by atoms with E-state index in [1.165, 1.54) is 12.8 Å². The maximum atomic E-state index is 11.8. The van der Waals surface area contributed by atoms with Gasteiger partial charge in [0.15, 0.2) is 0 Å². The van der Waals surface area contributed by atoms with E-state index in [0.717, 1.165) is 30.9 Å². The quantitative estimate of drug-likeness (QED) is 0.515. The topological polar surface area (TPSA) is 41.1 Å². The van der Waals surface area contributed by atoms with Crippen molar-refractivity contribution < 1.29 is 4.79 Å². The van der Waals surface area contributed by atoms with Crippen LogP contribution >= 0.6 is 11.8 Å². The van der Waals surface area contributed by atoms with Crippen molar-refractivity contribution in [2.45, 2.75) is 44.7 Å². The second kappa shape index (κ2) is 8.59. The van der Waals surface area contributed by atoms with Gasteiger partial charge >= 0.3 is 0 Å². The number of rotatable bonds is 8. The highest BCUT2D eigenvalue weighted by molar-refractivity contribution is 7.99. The van der Waals surface area contributed by atoms with Crippen LogP contribution in [0.4, 0.5) is 0 Å². The highest BCUT2D eigenvalue weighted by Crippen LogP contribution is 2.17. The number of amides is 1. The molecule has 1 amide bonds. The number of hydrogen-bond donors (Lipinski definition) is 2. The fourth-order valence-electron chi connectivity index (χ4n) is 2.00. The van der Waals surface area contributed by atoms with Crippen molar-refractivity contribution in [2.75, 3.05) is 18.1 Å². The average molecular weight is 256 g/mol. The monoisotopic (exact) mass is 256 g/mol. The SMILES string of the molecule is C=CCSCCNC(C)C(=O)NC1CCCC1. The summed E-state index contributed by atoms with van der Waals surface area (Å²) in [4.78, 5) is 11.8. The molecule has 0 heterocycles. The molecule has 98 valence electrons. The highest BCUT2D eigenvalue weighted by Gasteiger charge is 2.19. The minimum absolute atomic E-state index is 0.0834. The van der Waals surface area contributed by atoms with Crippen LogP contribution in [0.25, 0.3) is 0 Å². The van der Waals surface area contributed by atoms with E-state index < -0.39 is 0 Å². The van der Waals surface area contributed by atoms with Gasteiger partial charge in [0.05, 0.1) is 6.04 Å². The van der Waals surface area contributed by atoms with Crippen molar-refractivity contribution in [2.24, 2.45) is 0 Å². The summed E-state index contributed by atoms with van der Waals surface area (Å²) in [7, 11) is 0. The van der Waals surface area contributed by atoms with Gasteiger partial charge in [-0.25, -0.2) is 0 Å². The Bertz CT molecular complexity index is 240. The largest absolute Gasteiger partial charge is 0.352 e. The fraction of sp³-hybridized carbons (Fsp3) is 0.769. The summed E-state index contributed by atoms with van der Waals surface area (Å²) in [5.74, 6) is 2.14. The van der Waals surface area contributed by atoms with Gasteiger partial charge in [-0.1, -0.05) is 18.9 Å². The van der Waals surface area contributed by atoms with Crippen molar-refractivity contribution in [3.63, 3.8) is 0 Å². The first-order chi connectivity index (χ1) is 8.24. The molecule has 0 aromatic heterocycles. The Morgan fingerprint density at radius 3 is 2.88 bits per heavy atom. The minimum atomic E-state index is -0.0834. The summed E-state index contributed by atoms with van der Waals surface area (Å²) in [6.07, 6.45) is 6.71. The van der Waals surface area contributed by atoms with Gasteiger partial charge in [0.1, 0.15) is 0 Å². The molecule has 1 atom stereocenters.